The third-order valence-electron chi connectivity index (χ3n) is 4.76. The van der Waals surface area contributed by atoms with Gasteiger partial charge in [-0.05, 0) is 24.3 Å². The van der Waals surface area contributed by atoms with Crippen LogP contribution in [0.25, 0.3) is 0 Å². The molecule has 0 bridgehead atoms. The number of nitrogens with zero attached hydrogens (tertiary/aromatic N) is 4. The van der Waals surface area contributed by atoms with Crippen molar-refractivity contribution in [3.8, 4) is 0 Å². The lowest BCUT2D eigenvalue weighted by Crippen LogP contribution is -2.49. The highest BCUT2D eigenvalue weighted by Crippen LogP contribution is 2.24. The van der Waals surface area contributed by atoms with E-state index >= 15 is 0 Å². The molecule has 1 amide bonds. The molecule has 3 rings (SSSR count). The van der Waals surface area contributed by atoms with Crippen molar-refractivity contribution in [3.63, 3.8) is 0 Å². The van der Waals surface area contributed by atoms with Crippen LogP contribution in [0.4, 0.5) is 17.1 Å². The van der Waals surface area contributed by atoms with Gasteiger partial charge in [0.1, 0.15) is 5.56 Å². The highest BCUT2D eigenvalue weighted by molar-refractivity contribution is 6.31. The van der Waals surface area contributed by atoms with Crippen LogP contribution in [-0.4, -0.2) is 59.4 Å². The van der Waals surface area contributed by atoms with Gasteiger partial charge in [-0.2, -0.15) is 0 Å². The Kier molecular flexibility index (Phi) is 6.65. The van der Waals surface area contributed by atoms with Crippen molar-refractivity contribution in [2.45, 2.75) is 0 Å². The van der Waals surface area contributed by atoms with Crippen LogP contribution in [0, 0.1) is 20.2 Å². The summed E-state index contributed by atoms with van der Waals surface area (Å²) in [6.07, 6.45) is 0. The third-order valence-corrected chi connectivity index (χ3v) is 5.00. The molecule has 0 spiro atoms. The Balaban J connectivity index is 1.53. The number of esters is 1. The van der Waals surface area contributed by atoms with Crippen LogP contribution in [-0.2, 0) is 9.53 Å². The molecular weight excluding hydrogens is 432 g/mol. The lowest BCUT2D eigenvalue weighted by Gasteiger charge is -2.36. The van der Waals surface area contributed by atoms with E-state index < -0.39 is 34.0 Å². The van der Waals surface area contributed by atoms with Crippen LogP contribution in [0.15, 0.2) is 42.5 Å². The number of piperazine rings is 1. The van der Waals surface area contributed by atoms with E-state index in [1.54, 1.807) is 12.1 Å². The maximum Gasteiger partial charge on any atom is 0.345 e. The van der Waals surface area contributed by atoms with Gasteiger partial charge in [-0.15, -0.1) is 0 Å². The lowest BCUT2D eigenvalue weighted by atomic mass is 10.2. The summed E-state index contributed by atoms with van der Waals surface area (Å²) in [6, 6.07) is 9.68. The third kappa shape index (κ3) is 5.25. The first kappa shape index (κ1) is 22.0. The second-order valence-corrected chi connectivity index (χ2v) is 7.07. The predicted molar refractivity (Wildman–Crippen MR) is 110 cm³/mol. The van der Waals surface area contributed by atoms with Gasteiger partial charge in [0.15, 0.2) is 6.61 Å². The maximum atomic E-state index is 12.4. The monoisotopic (exact) mass is 448 g/mol. The molecule has 1 saturated heterocycles. The Morgan fingerprint density at radius 2 is 1.61 bits per heavy atom. The zero-order valence-electron chi connectivity index (χ0n) is 16.1. The highest BCUT2D eigenvalue weighted by atomic mass is 35.5. The maximum absolute atomic E-state index is 12.4. The molecule has 12 heteroatoms. The van der Waals surface area contributed by atoms with Crippen LogP contribution in [0.3, 0.4) is 0 Å². The Labute approximate surface area is 181 Å². The van der Waals surface area contributed by atoms with E-state index in [0.717, 1.165) is 11.8 Å². The number of ether oxygens (including phenoxy) is 1. The van der Waals surface area contributed by atoms with Crippen LogP contribution in [0.5, 0.6) is 0 Å². The summed E-state index contributed by atoms with van der Waals surface area (Å²) in [4.78, 5) is 48.7. The molecule has 31 heavy (non-hydrogen) atoms. The number of carbonyl (C=O) groups excluding carboxylic acids is 2. The van der Waals surface area contributed by atoms with E-state index in [4.69, 9.17) is 16.3 Å². The molecule has 1 aliphatic rings. The van der Waals surface area contributed by atoms with E-state index in [1.807, 2.05) is 4.90 Å². The SMILES string of the molecule is O=C(OCC(=O)N1CCN(c2ccc([N+](=O)[O-])cc2)CC1)c1ccc(Cl)cc1[N+](=O)[O-]. The Bertz CT molecular complexity index is 1020. The topological polar surface area (TPSA) is 136 Å². The van der Waals surface area contributed by atoms with Crippen LogP contribution in [0.2, 0.25) is 5.02 Å². The van der Waals surface area contributed by atoms with Crippen molar-refractivity contribution in [2.24, 2.45) is 0 Å². The van der Waals surface area contributed by atoms with Gasteiger partial charge in [0.25, 0.3) is 17.3 Å². The average Bonchev–Trinajstić information content (AvgIpc) is 2.77. The van der Waals surface area contributed by atoms with E-state index in [9.17, 15) is 29.8 Å². The van der Waals surface area contributed by atoms with Crippen molar-refractivity contribution in [2.75, 3.05) is 37.7 Å². The molecule has 1 aliphatic heterocycles. The van der Waals surface area contributed by atoms with Gasteiger partial charge in [-0.25, -0.2) is 4.79 Å². The summed E-state index contributed by atoms with van der Waals surface area (Å²) in [7, 11) is 0. The number of hydrogen-bond donors (Lipinski definition) is 0. The number of halogens is 1. The Morgan fingerprint density at radius 3 is 2.19 bits per heavy atom. The smallest absolute Gasteiger partial charge is 0.345 e. The fraction of sp³-hybridized carbons (Fsp3) is 0.263. The van der Waals surface area contributed by atoms with Gasteiger partial charge in [0.2, 0.25) is 0 Å². The molecule has 0 N–H and O–H groups in total. The van der Waals surface area contributed by atoms with Crippen molar-refractivity contribution in [3.05, 3.63) is 73.3 Å². The van der Waals surface area contributed by atoms with E-state index in [0.29, 0.717) is 26.2 Å². The first-order valence-electron chi connectivity index (χ1n) is 9.14. The minimum absolute atomic E-state index is 0.000281. The Hall–Kier alpha value is -3.73. The average molecular weight is 449 g/mol. The molecule has 0 radical (unpaired) electrons. The summed E-state index contributed by atoms with van der Waals surface area (Å²) in [5.41, 5.74) is 0.0197. The minimum atomic E-state index is -0.985. The van der Waals surface area contributed by atoms with E-state index in [2.05, 4.69) is 0 Å². The highest BCUT2D eigenvalue weighted by Gasteiger charge is 2.25. The van der Waals surface area contributed by atoms with Gasteiger partial charge >= 0.3 is 5.97 Å². The number of amides is 1. The molecular formula is C19H17ClN4O7. The Morgan fingerprint density at radius 1 is 0.968 bits per heavy atom. The quantitative estimate of drug-likeness (QED) is 0.373. The van der Waals surface area contributed by atoms with E-state index in [1.165, 1.54) is 29.2 Å². The predicted octanol–water partition coefficient (Wildman–Crippen LogP) is 2.66. The van der Waals surface area contributed by atoms with Crippen molar-refractivity contribution in [1.29, 1.82) is 0 Å². The van der Waals surface area contributed by atoms with Gasteiger partial charge in [0.05, 0.1) is 9.85 Å². The molecule has 11 nitrogen and oxygen atoms in total. The molecule has 162 valence electrons. The number of benzene rings is 2. The fourth-order valence-corrected chi connectivity index (χ4v) is 3.29. The molecule has 2 aromatic carbocycles. The lowest BCUT2D eigenvalue weighted by molar-refractivity contribution is -0.385. The first-order chi connectivity index (χ1) is 14.8. The number of carbonyl (C=O) groups is 2. The zero-order chi connectivity index (χ0) is 22.5. The van der Waals surface area contributed by atoms with Gasteiger partial charge < -0.3 is 14.5 Å². The molecule has 0 saturated carbocycles. The van der Waals surface area contributed by atoms with E-state index in [-0.39, 0.29) is 16.3 Å². The van der Waals surface area contributed by atoms with Gasteiger partial charge in [-0.3, -0.25) is 25.0 Å². The molecule has 2 aromatic rings. The standard InChI is InChI=1S/C19H17ClN4O7/c20-13-1-6-16(17(11-13)24(29)30)19(26)31-12-18(25)22-9-7-21(8-10-22)14-2-4-15(5-3-14)23(27)28/h1-6,11H,7-10,12H2. The van der Waals surface area contributed by atoms with Gasteiger partial charge in [-0.1, -0.05) is 11.6 Å². The van der Waals surface area contributed by atoms with Crippen molar-refractivity contribution < 1.29 is 24.2 Å². The summed E-state index contributed by atoms with van der Waals surface area (Å²) < 4.78 is 4.97. The second kappa shape index (κ2) is 9.39. The number of anilines is 1. The molecule has 0 aliphatic carbocycles. The summed E-state index contributed by atoms with van der Waals surface area (Å²) >= 11 is 5.72. The van der Waals surface area contributed by atoms with Crippen LogP contribution in [0.1, 0.15) is 10.4 Å². The number of non-ortho nitro benzene ring substituents is 1. The summed E-state index contributed by atoms with van der Waals surface area (Å²) in [5, 5.41) is 21.9. The molecule has 0 unspecified atom stereocenters. The van der Waals surface area contributed by atoms with Gasteiger partial charge in [0, 0.05) is 55.1 Å². The zero-order valence-corrected chi connectivity index (χ0v) is 16.9. The number of rotatable bonds is 6. The first-order valence-corrected chi connectivity index (χ1v) is 9.52. The number of nitro benzene ring substituents is 2. The largest absolute Gasteiger partial charge is 0.452 e. The van der Waals surface area contributed by atoms with Crippen molar-refractivity contribution in [1.82, 2.24) is 4.90 Å². The summed E-state index contributed by atoms with van der Waals surface area (Å²) in [5.74, 6) is -1.41. The molecule has 1 fully saturated rings. The normalized spacial score (nSPS) is 13.6. The minimum Gasteiger partial charge on any atom is -0.452 e. The molecule has 0 aromatic heterocycles. The summed E-state index contributed by atoms with van der Waals surface area (Å²) in [6.45, 7) is 1.19. The number of hydrogen-bond acceptors (Lipinski definition) is 8. The second-order valence-electron chi connectivity index (χ2n) is 6.64. The van der Waals surface area contributed by atoms with Crippen LogP contribution >= 0.6 is 11.6 Å². The van der Waals surface area contributed by atoms with Crippen LogP contribution < -0.4 is 4.90 Å². The molecule has 1 heterocycles. The van der Waals surface area contributed by atoms with Crippen molar-refractivity contribution >= 4 is 40.5 Å². The fourth-order valence-electron chi connectivity index (χ4n) is 3.12. The number of nitro groups is 2. The molecule has 0 atom stereocenters.